The minimum atomic E-state index is -3.60. The number of rotatable bonds is 8. The fourth-order valence-electron chi connectivity index (χ4n) is 3.25. The molecular weight excluding hydrogens is 410 g/mol. The van der Waals surface area contributed by atoms with Crippen molar-refractivity contribution in [3.05, 3.63) is 72.9 Å². The summed E-state index contributed by atoms with van der Waals surface area (Å²) in [4.78, 5) is 4.46. The number of benzene rings is 2. The Bertz CT molecular complexity index is 1100. The van der Waals surface area contributed by atoms with Crippen molar-refractivity contribution in [3.8, 4) is 0 Å². The quantitative estimate of drug-likeness (QED) is 0.435. The standard InChI is InChI=1S/C23H27N5O2S/c1-17(2)28(18(3)4)31(29,30)22-14-15-23(24-16-22)25-19-10-12-21(13-11-19)27-26-20-8-6-5-7-9-20/h5-18H,1-4H3,(H,24,25). The van der Waals surface area contributed by atoms with Crippen LogP contribution in [0.1, 0.15) is 27.7 Å². The molecule has 31 heavy (non-hydrogen) atoms. The Balaban J connectivity index is 1.69. The SMILES string of the molecule is CC(C)N(C(C)C)S(=O)(=O)c1ccc(Nc2ccc(N=Nc3ccccc3)cc2)nc1. The van der Waals surface area contributed by atoms with Gasteiger partial charge in [0.05, 0.1) is 11.4 Å². The highest BCUT2D eigenvalue weighted by atomic mass is 32.2. The molecule has 8 heteroatoms. The van der Waals surface area contributed by atoms with Gasteiger partial charge in [0.25, 0.3) is 0 Å². The van der Waals surface area contributed by atoms with E-state index in [-0.39, 0.29) is 17.0 Å². The van der Waals surface area contributed by atoms with Gasteiger partial charge in [-0.05, 0) is 76.2 Å². The van der Waals surface area contributed by atoms with Crippen LogP contribution in [-0.2, 0) is 10.0 Å². The Morgan fingerprint density at radius 1 is 0.806 bits per heavy atom. The molecule has 0 spiro atoms. The molecule has 0 radical (unpaired) electrons. The number of hydrogen-bond acceptors (Lipinski definition) is 6. The molecule has 0 atom stereocenters. The predicted molar refractivity (Wildman–Crippen MR) is 124 cm³/mol. The van der Waals surface area contributed by atoms with E-state index in [1.807, 2.05) is 82.3 Å². The molecule has 0 bridgehead atoms. The van der Waals surface area contributed by atoms with Gasteiger partial charge in [-0.1, -0.05) is 18.2 Å². The molecule has 2 aromatic carbocycles. The first kappa shape index (κ1) is 22.6. The predicted octanol–water partition coefficient (Wildman–Crippen LogP) is 6.05. The van der Waals surface area contributed by atoms with E-state index in [1.165, 1.54) is 10.5 Å². The second kappa shape index (κ2) is 9.80. The zero-order valence-electron chi connectivity index (χ0n) is 18.1. The number of aromatic nitrogens is 1. The topological polar surface area (TPSA) is 87.0 Å². The van der Waals surface area contributed by atoms with Crippen molar-refractivity contribution in [1.82, 2.24) is 9.29 Å². The Labute approximate surface area is 183 Å². The van der Waals surface area contributed by atoms with Crippen LogP contribution in [0, 0.1) is 0 Å². The lowest BCUT2D eigenvalue weighted by Crippen LogP contribution is -2.41. The zero-order valence-corrected chi connectivity index (χ0v) is 18.9. The Kier molecular flexibility index (Phi) is 7.14. The van der Waals surface area contributed by atoms with Gasteiger partial charge in [0.2, 0.25) is 10.0 Å². The van der Waals surface area contributed by atoms with E-state index in [0.717, 1.165) is 17.1 Å². The van der Waals surface area contributed by atoms with Crippen LogP contribution in [0.4, 0.5) is 22.9 Å². The van der Waals surface area contributed by atoms with Crippen molar-refractivity contribution in [3.63, 3.8) is 0 Å². The molecule has 1 N–H and O–H groups in total. The van der Waals surface area contributed by atoms with Crippen molar-refractivity contribution in [2.24, 2.45) is 10.2 Å². The van der Waals surface area contributed by atoms with E-state index in [1.54, 1.807) is 12.1 Å². The lowest BCUT2D eigenvalue weighted by molar-refractivity contribution is 0.302. The van der Waals surface area contributed by atoms with Gasteiger partial charge in [-0.2, -0.15) is 14.5 Å². The number of anilines is 2. The molecule has 0 amide bonds. The number of nitrogens with one attached hydrogen (secondary N) is 1. The molecule has 0 aliphatic carbocycles. The molecule has 3 aromatic rings. The Morgan fingerprint density at radius 3 is 1.90 bits per heavy atom. The third-order valence-corrected chi connectivity index (χ3v) is 6.74. The summed E-state index contributed by atoms with van der Waals surface area (Å²) in [5.74, 6) is 0.554. The van der Waals surface area contributed by atoms with E-state index >= 15 is 0 Å². The van der Waals surface area contributed by atoms with Crippen LogP contribution in [0.3, 0.4) is 0 Å². The van der Waals surface area contributed by atoms with Gasteiger partial charge in [0.1, 0.15) is 10.7 Å². The van der Waals surface area contributed by atoms with E-state index < -0.39 is 10.0 Å². The molecular formula is C23H27N5O2S. The van der Waals surface area contributed by atoms with Gasteiger partial charge in [-0.25, -0.2) is 13.4 Å². The van der Waals surface area contributed by atoms with Gasteiger partial charge < -0.3 is 5.32 Å². The number of sulfonamides is 1. The van der Waals surface area contributed by atoms with Crippen LogP contribution < -0.4 is 5.32 Å². The van der Waals surface area contributed by atoms with Gasteiger partial charge in [-0.3, -0.25) is 0 Å². The molecule has 0 aliphatic rings. The van der Waals surface area contributed by atoms with Crippen LogP contribution in [0.15, 0.2) is 88.1 Å². The van der Waals surface area contributed by atoms with E-state index in [2.05, 4.69) is 20.5 Å². The van der Waals surface area contributed by atoms with Crippen molar-refractivity contribution in [2.45, 2.75) is 44.7 Å². The fourth-order valence-corrected chi connectivity index (χ4v) is 5.03. The summed E-state index contributed by atoms with van der Waals surface area (Å²) in [6, 6.07) is 19.9. The third-order valence-electron chi connectivity index (χ3n) is 4.51. The van der Waals surface area contributed by atoms with E-state index in [0.29, 0.717) is 5.82 Å². The maximum absolute atomic E-state index is 12.9. The summed E-state index contributed by atoms with van der Waals surface area (Å²) >= 11 is 0. The molecule has 3 rings (SSSR count). The zero-order chi connectivity index (χ0) is 22.4. The summed E-state index contributed by atoms with van der Waals surface area (Å²) in [6.07, 6.45) is 1.39. The van der Waals surface area contributed by atoms with Crippen LogP contribution >= 0.6 is 0 Å². The average Bonchev–Trinajstić information content (AvgIpc) is 2.73. The number of hydrogen-bond donors (Lipinski definition) is 1. The Hall–Kier alpha value is -3.10. The lowest BCUT2D eigenvalue weighted by Gasteiger charge is -2.29. The van der Waals surface area contributed by atoms with Crippen molar-refractivity contribution in [2.75, 3.05) is 5.32 Å². The normalized spacial score (nSPS) is 12.2. The van der Waals surface area contributed by atoms with Crippen molar-refractivity contribution < 1.29 is 8.42 Å². The molecule has 7 nitrogen and oxygen atoms in total. The molecule has 0 unspecified atom stereocenters. The fraction of sp³-hybridized carbons (Fsp3) is 0.261. The smallest absolute Gasteiger partial charge is 0.245 e. The van der Waals surface area contributed by atoms with Gasteiger partial charge in [0.15, 0.2) is 0 Å². The van der Waals surface area contributed by atoms with Crippen LogP contribution in [0.25, 0.3) is 0 Å². The highest BCUT2D eigenvalue weighted by Gasteiger charge is 2.29. The monoisotopic (exact) mass is 437 g/mol. The average molecular weight is 438 g/mol. The van der Waals surface area contributed by atoms with Crippen LogP contribution in [0.2, 0.25) is 0 Å². The number of pyridine rings is 1. The third kappa shape index (κ3) is 5.74. The summed E-state index contributed by atoms with van der Waals surface area (Å²) in [7, 11) is -3.60. The first-order valence-corrected chi connectivity index (χ1v) is 11.5. The van der Waals surface area contributed by atoms with Crippen molar-refractivity contribution >= 4 is 32.9 Å². The van der Waals surface area contributed by atoms with Gasteiger partial charge in [0, 0.05) is 24.0 Å². The number of nitrogens with zero attached hydrogens (tertiary/aromatic N) is 4. The van der Waals surface area contributed by atoms with Crippen LogP contribution in [0.5, 0.6) is 0 Å². The maximum Gasteiger partial charge on any atom is 0.245 e. The summed E-state index contributed by atoms with van der Waals surface area (Å²) < 4.78 is 27.4. The second-order valence-corrected chi connectivity index (χ2v) is 9.45. The summed E-state index contributed by atoms with van der Waals surface area (Å²) in [6.45, 7) is 7.46. The second-order valence-electron chi connectivity index (χ2n) is 7.61. The van der Waals surface area contributed by atoms with Crippen molar-refractivity contribution in [1.29, 1.82) is 0 Å². The summed E-state index contributed by atoms with van der Waals surface area (Å²) in [5, 5.41) is 11.6. The van der Waals surface area contributed by atoms with E-state index in [4.69, 9.17) is 0 Å². The first-order valence-electron chi connectivity index (χ1n) is 10.1. The first-order chi connectivity index (χ1) is 14.8. The molecule has 0 saturated heterocycles. The largest absolute Gasteiger partial charge is 0.340 e. The highest BCUT2D eigenvalue weighted by molar-refractivity contribution is 7.89. The van der Waals surface area contributed by atoms with E-state index in [9.17, 15) is 8.42 Å². The van der Waals surface area contributed by atoms with Gasteiger partial charge >= 0.3 is 0 Å². The lowest BCUT2D eigenvalue weighted by atomic mass is 10.3. The minimum absolute atomic E-state index is 0.139. The molecule has 0 saturated carbocycles. The molecule has 0 fully saturated rings. The van der Waals surface area contributed by atoms with Gasteiger partial charge in [-0.15, -0.1) is 0 Å². The number of azo groups is 1. The molecule has 1 aromatic heterocycles. The molecule has 162 valence electrons. The highest BCUT2D eigenvalue weighted by Crippen LogP contribution is 2.24. The Morgan fingerprint density at radius 2 is 1.39 bits per heavy atom. The minimum Gasteiger partial charge on any atom is -0.340 e. The maximum atomic E-state index is 12.9. The molecule has 1 heterocycles. The summed E-state index contributed by atoms with van der Waals surface area (Å²) in [5.41, 5.74) is 2.33. The molecule has 0 aliphatic heterocycles. The van der Waals surface area contributed by atoms with Crippen LogP contribution in [-0.4, -0.2) is 29.8 Å².